The standard InChI is InChI=1S/C25H30N6O.C2H6/c1-7-23-27-13-21-12-26-22(16-31(21)23)24-19(4)28-30(6)25(24)32-18(3)14-29(5)15-20-11-9-8-10-17(20)2;1-2/h7-13,16,18H,1,14-15H2,2-6H3;1-2H3. The quantitative estimate of drug-likeness (QED) is 0.356. The number of aryl methyl sites for hydroxylation is 3. The highest BCUT2D eigenvalue weighted by Crippen LogP contribution is 2.32. The van der Waals surface area contributed by atoms with Crippen molar-refractivity contribution in [1.82, 2.24) is 29.0 Å². The maximum Gasteiger partial charge on any atom is 0.221 e. The Morgan fingerprint density at radius 2 is 1.85 bits per heavy atom. The van der Waals surface area contributed by atoms with Crippen LogP contribution in [-0.4, -0.2) is 48.7 Å². The summed E-state index contributed by atoms with van der Waals surface area (Å²) in [4.78, 5) is 11.3. The van der Waals surface area contributed by atoms with E-state index in [0.717, 1.165) is 41.4 Å². The van der Waals surface area contributed by atoms with Crippen molar-refractivity contribution in [3.63, 3.8) is 0 Å². The van der Waals surface area contributed by atoms with Crippen molar-refractivity contribution < 1.29 is 4.74 Å². The summed E-state index contributed by atoms with van der Waals surface area (Å²) in [5.74, 6) is 1.49. The molecule has 0 saturated carbocycles. The normalized spacial score (nSPS) is 11.9. The van der Waals surface area contributed by atoms with Crippen LogP contribution in [0.2, 0.25) is 0 Å². The fraction of sp³-hybridized carbons (Fsp3) is 0.370. The van der Waals surface area contributed by atoms with Gasteiger partial charge in [0.15, 0.2) is 0 Å². The van der Waals surface area contributed by atoms with E-state index in [2.05, 4.69) is 71.7 Å². The van der Waals surface area contributed by atoms with E-state index in [1.165, 1.54) is 11.1 Å². The molecule has 0 aliphatic rings. The number of benzene rings is 1. The molecule has 0 aliphatic heterocycles. The number of likely N-dealkylation sites (N-methyl/N-ethyl adjacent to an activating group) is 1. The minimum atomic E-state index is -0.0294. The van der Waals surface area contributed by atoms with E-state index in [4.69, 9.17) is 4.74 Å². The minimum Gasteiger partial charge on any atom is -0.473 e. The fourth-order valence-corrected chi connectivity index (χ4v) is 4.07. The number of imidazole rings is 1. The summed E-state index contributed by atoms with van der Waals surface area (Å²) in [6, 6.07) is 8.48. The topological polar surface area (TPSA) is 60.5 Å². The van der Waals surface area contributed by atoms with E-state index in [1.807, 2.05) is 44.6 Å². The average molecular weight is 461 g/mol. The molecule has 3 aromatic heterocycles. The molecule has 0 fully saturated rings. The van der Waals surface area contributed by atoms with Crippen LogP contribution in [-0.2, 0) is 13.6 Å². The third kappa shape index (κ3) is 5.37. The predicted molar refractivity (Wildman–Crippen MR) is 139 cm³/mol. The SMILES string of the molecule is C=Cc1ncc2cnc(-c3c(C)nn(C)c3OC(C)CN(C)Cc3ccccc3C)cn12.CC. The number of hydrogen-bond acceptors (Lipinski definition) is 5. The number of aromatic nitrogens is 5. The lowest BCUT2D eigenvalue weighted by molar-refractivity contribution is 0.148. The molecule has 1 atom stereocenters. The van der Waals surface area contributed by atoms with Crippen LogP contribution in [0.15, 0.2) is 49.4 Å². The van der Waals surface area contributed by atoms with Gasteiger partial charge < -0.3 is 4.74 Å². The minimum absolute atomic E-state index is 0.0294. The largest absolute Gasteiger partial charge is 0.473 e. The van der Waals surface area contributed by atoms with E-state index < -0.39 is 0 Å². The second-order valence-corrected chi connectivity index (χ2v) is 8.33. The first-order valence-corrected chi connectivity index (χ1v) is 11.8. The molecule has 0 aliphatic carbocycles. The number of nitrogens with zero attached hydrogens (tertiary/aromatic N) is 6. The van der Waals surface area contributed by atoms with Gasteiger partial charge in [-0.2, -0.15) is 5.10 Å². The lowest BCUT2D eigenvalue weighted by Crippen LogP contribution is -2.31. The molecule has 0 bridgehead atoms. The van der Waals surface area contributed by atoms with Gasteiger partial charge in [0.05, 0.1) is 34.9 Å². The molecule has 0 amide bonds. The Bertz CT molecular complexity index is 1260. The molecule has 0 N–H and O–H groups in total. The highest BCUT2D eigenvalue weighted by molar-refractivity contribution is 5.69. The number of rotatable bonds is 8. The lowest BCUT2D eigenvalue weighted by Gasteiger charge is -2.23. The molecular weight excluding hydrogens is 424 g/mol. The fourth-order valence-electron chi connectivity index (χ4n) is 4.07. The first kappa shape index (κ1) is 25.2. The van der Waals surface area contributed by atoms with Crippen LogP contribution in [0.1, 0.15) is 43.4 Å². The lowest BCUT2D eigenvalue weighted by atomic mass is 10.1. The molecule has 0 radical (unpaired) electrons. The highest BCUT2D eigenvalue weighted by atomic mass is 16.5. The first-order valence-electron chi connectivity index (χ1n) is 11.8. The van der Waals surface area contributed by atoms with E-state index in [1.54, 1.807) is 17.0 Å². The zero-order chi connectivity index (χ0) is 24.8. The summed E-state index contributed by atoms with van der Waals surface area (Å²) in [6.45, 7) is 15.7. The van der Waals surface area contributed by atoms with E-state index >= 15 is 0 Å². The zero-order valence-corrected chi connectivity index (χ0v) is 21.4. The monoisotopic (exact) mass is 460 g/mol. The van der Waals surface area contributed by atoms with E-state index in [9.17, 15) is 0 Å². The van der Waals surface area contributed by atoms with Crippen molar-refractivity contribution in [2.75, 3.05) is 13.6 Å². The third-order valence-corrected chi connectivity index (χ3v) is 5.63. The van der Waals surface area contributed by atoms with Crippen molar-refractivity contribution in [2.45, 2.75) is 47.3 Å². The van der Waals surface area contributed by atoms with Crippen LogP contribution in [0, 0.1) is 13.8 Å². The zero-order valence-electron chi connectivity index (χ0n) is 21.4. The van der Waals surface area contributed by atoms with Crippen molar-refractivity contribution in [1.29, 1.82) is 0 Å². The van der Waals surface area contributed by atoms with Crippen LogP contribution in [0.4, 0.5) is 0 Å². The molecular formula is C27H36N6O. The van der Waals surface area contributed by atoms with Crippen LogP contribution in [0.25, 0.3) is 22.9 Å². The van der Waals surface area contributed by atoms with Crippen molar-refractivity contribution >= 4 is 11.6 Å². The van der Waals surface area contributed by atoms with Gasteiger partial charge in [-0.25, -0.2) is 9.67 Å². The van der Waals surface area contributed by atoms with Gasteiger partial charge in [-0.3, -0.25) is 14.3 Å². The van der Waals surface area contributed by atoms with Gasteiger partial charge >= 0.3 is 0 Å². The maximum atomic E-state index is 6.41. The summed E-state index contributed by atoms with van der Waals surface area (Å²) in [5.41, 5.74) is 6.10. The van der Waals surface area contributed by atoms with Crippen molar-refractivity contribution in [3.8, 4) is 17.1 Å². The van der Waals surface area contributed by atoms with Gasteiger partial charge in [0.2, 0.25) is 5.88 Å². The molecule has 3 heterocycles. The molecule has 0 spiro atoms. The third-order valence-electron chi connectivity index (χ3n) is 5.63. The highest BCUT2D eigenvalue weighted by Gasteiger charge is 2.21. The molecule has 4 rings (SSSR count). The molecule has 7 nitrogen and oxygen atoms in total. The van der Waals surface area contributed by atoms with Gasteiger partial charge in [-0.1, -0.05) is 44.7 Å². The number of hydrogen-bond donors (Lipinski definition) is 0. The molecule has 7 heteroatoms. The van der Waals surface area contributed by atoms with Crippen LogP contribution in [0.5, 0.6) is 5.88 Å². The van der Waals surface area contributed by atoms with Crippen LogP contribution >= 0.6 is 0 Å². The maximum absolute atomic E-state index is 6.41. The Kier molecular flexibility index (Phi) is 8.23. The smallest absolute Gasteiger partial charge is 0.221 e. The molecule has 0 saturated heterocycles. The van der Waals surface area contributed by atoms with Crippen LogP contribution < -0.4 is 4.74 Å². The van der Waals surface area contributed by atoms with E-state index in [-0.39, 0.29) is 6.10 Å². The van der Waals surface area contributed by atoms with Gasteiger partial charge in [0, 0.05) is 26.3 Å². The summed E-state index contributed by atoms with van der Waals surface area (Å²) in [5, 5.41) is 4.60. The Hall–Kier alpha value is -3.45. The number of fused-ring (bicyclic) bond motifs is 1. The van der Waals surface area contributed by atoms with Crippen molar-refractivity contribution in [3.05, 3.63) is 72.1 Å². The van der Waals surface area contributed by atoms with Gasteiger partial charge in [0.25, 0.3) is 0 Å². The molecule has 1 unspecified atom stereocenters. The molecule has 1 aromatic carbocycles. The Labute approximate surface area is 202 Å². The number of ether oxygens (including phenoxy) is 1. The Morgan fingerprint density at radius 1 is 1.15 bits per heavy atom. The Balaban J connectivity index is 0.00000158. The molecule has 34 heavy (non-hydrogen) atoms. The predicted octanol–water partition coefficient (Wildman–Crippen LogP) is 5.32. The Morgan fingerprint density at radius 3 is 2.56 bits per heavy atom. The summed E-state index contributed by atoms with van der Waals surface area (Å²) in [7, 11) is 4.02. The second kappa shape index (κ2) is 11.1. The van der Waals surface area contributed by atoms with E-state index in [0.29, 0.717) is 5.88 Å². The van der Waals surface area contributed by atoms with Crippen molar-refractivity contribution in [2.24, 2.45) is 7.05 Å². The summed E-state index contributed by atoms with van der Waals surface area (Å²) >= 11 is 0. The second-order valence-electron chi connectivity index (χ2n) is 8.33. The summed E-state index contributed by atoms with van der Waals surface area (Å²) < 4.78 is 10.2. The van der Waals surface area contributed by atoms with Gasteiger partial charge in [0.1, 0.15) is 11.9 Å². The summed E-state index contributed by atoms with van der Waals surface area (Å²) in [6.07, 6.45) is 7.26. The van der Waals surface area contributed by atoms with Gasteiger partial charge in [-0.15, -0.1) is 0 Å². The van der Waals surface area contributed by atoms with Crippen LogP contribution in [0.3, 0.4) is 0 Å². The first-order chi connectivity index (χ1) is 16.4. The molecule has 4 aromatic rings. The van der Waals surface area contributed by atoms with Gasteiger partial charge in [-0.05, 0) is 45.0 Å². The average Bonchev–Trinajstić information content (AvgIpc) is 3.35. The molecule has 180 valence electrons.